The lowest BCUT2D eigenvalue weighted by molar-refractivity contribution is 0.397. The summed E-state index contributed by atoms with van der Waals surface area (Å²) in [6.07, 6.45) is 3.80. The molecule has 0 bridgehead atoms. The van der Waals surface area contributed by atoms with Crippen LogP contribution >= 0.6 is 0 Å². The van der Waals surface area contributed by atoms with Crippen molar-refractivity contribution in [2.45, 2.75) is 13.1 Å². The first-order valence-electron chi connectivity index (χ1n) is 6.61. The maximum Gasteiger partial charge on any atom is 0.212 e. The van der Waals surface area contributed by atoms with Gasteiger partial charge in [0.15, 0.2) is 0 Å². The molecule has 0 aliphatic rings. The summed E-state index contributed by atoms with van der Waals surface area (Å²) in [5, 5.41) is 4.67. The van der Waals surface area contributed by atoms with Crippen molar-refractivity contribution in [3.05, 3.63) is 59.9 Å². The molecule has 2 heterocycles. The van der Waals surface area contributed by atoms with Gasteiger partial charge in [0, 0.05) is 37.1 Å². The van der Waals surface area contributed by atoms with Gasteiger partial charge in [-0.15, -0.1) is 0 Å². The normalized spacial score (nSPS) is 10.8. The number of H-pyrrole nitrogens is 1. The van der Waals surface area contributed by atoms with Gasteiger partial charge in [0.05, 0.1) is 7.11 Å². The first-order valence-corrected chi connectivity index (χ1v) is 6.61. The molecule has 0 unspecified atom stereocenters. The summed E-state index contributed by atoms with van der Waals surface area (Å²) in [7, 11) is 1.62. The Bertz CT molecular complexity index is 688. The van der Waals surface area contributed by atoms with E-state index in [1.54, 1.807) is 7.11 Å². The minimum absolute atomic E-state index is 0.645. The molecule has 2 N–H and O–H groups in total. The van der Waals surface area contributed by atoms with Crippen molar-refractivity contribution in [3.63, 3.8) is 0 Å². The van der Waals surface area contributed by atoms with Gasteiger partial charge in [0.2, 0.25) is 5.88 Å². The zero-order valence-electron chi connectivity index (χ0n) is 11.4. The first-order chi connectivity index (χ1) is 9.85. The standard InChI is InChI=1S/C16H17N3O/c1-20-16-5-3-13(11-19-16)10-17-9-12-2-4-15-14(8-12)6-7-18-15/h2-8,11,17-18H,9-10H2,1H3. The average Bonchev–Trinajstić information content (AvgIpc) is 2.95. The molecule has 0 aliphatic heterocycles. The number of hydrogen-bond donors (Lipinski definition) is 2. The van der Waals surface area contributed by atoms with Gasteiger partial charge >= 0.3 is 0 Å². The van der Waals surface area contributed by atoms with E-state index in [0.29, 0.717) is 5.88 Å². The fourth-order valence-corrected chi connectivity index (χ4v) is 2.20. The molecule has 4 heteroatoms. The van der Waals surface area contributed by atoms with Crippen molar-refractivity contribution >= 4 is 10.9 Å². The van der Waals surface area contributed by atoms with Crippen LogP contribution in [0.1, 0.15) is 11.1 Å². The smallest absolute Gasteiger partial charge is 0.212 e. The van der Waals surface area contributed by atoms with Crippen LogP contribution in [0.4, 0.5) is 0 Å². The molecule has 0 fully saturated rings. The number of fused-ring (bicyclic) bond motifs is 1. The molecule has 20 heavy (non-hydrogen) atoms. The highest BCUT2D eigenvalue weighted by molar-refractivity contribution is 5.79. The Morgan fingerprint density at radius 3 is 2.75 bits per heavy atom. The molecule has 102 valence electrons. The van der Waals surface area contributed by atoms with Gasteiger partial charge in [-0.2, -0.15) is 0 Å². The molecular weight excluding hydrogens is 250 g/mol. The number of rotatable bonds is 5. The fourth-order valence-electron chi connectivity index (χ4n) is 2.20. The van der Waals surface area contributed by atoms with Crippen molar-refractivity contribution in [1.29, 1.82) is 0 Å². The van der Waals surface area contributed by atoms with E-state index in [1.165, 1.54) is 16.5 Å². The highest BCUT2D eigenvalue weighted by Crippen LogP contribution is 2.14. The quantitative estimate of drug-likeness (QED) is 0.747. The van der Waals surface area contributed by atoms with Crippen molar-refractivity contribution in [3.8, 4) is 5.88 Å². The van der Waals surface area contributed by atoms with Gasteiger partial charge in [0.1, 0.15) is 0 Å². The molecule has 1 aromatic carbocycles. The van der Waals surface area contributed by atoms with Crippen molar-refractivity contribution in [2.24, 2.45) is 0 Å². The highest BCUT2D eigenvalue weighted by atomic mass is 16.5. The Kier molecular flexibility index (Phi) is 3.65. The number of nitrogens with zero attached hydrogens (tertiary/aromatic N) is 1. The second kappa shape index (κ2) is 5.75. The minimum atomic E-state index is 0.645. The zero-order chi connectivity index (χ0) is 13.8. The number of methoxy groups -OCH3 is 1. The molecule has 0 radical (unpaired) electrons. The molecule has 3 rings (SSSR count). The molecule has 0 aliphatic carbocycles. The van der Waals surface area contributed by atoms with E-state index in [-0.39, 0.29) is 0 Å². The third-order valence-electron chi connectivity index (χ3n) is 3.28. The van der Waals surface area contributed by atoms with Gasteiger partial charge in [-0.25, -0.2) is 4.98 Å². The van der Waals surface area contributed by atoms with Crippen LogP contribution in [0.2, 0.25) is 0 Å². The Labute approximate surface area is 117 Å². The number of nitrogens with one attached hydrogen (secondary N) is 2. The number of aromatic amines is 1. The predicted octanol–water partition coefficient (Wildman–Crippen LogP) is 2.86. The maximum absolute atomic E-state index is 5.04. The summed E-state index contributed by atoms with van der Waals surface area (Å²) in [5.74, 6) is 0.645. The van der Waals surface area contributed by atoms with Crippen LogP contribution in [0.25, 0.3) is 10.9 Å². The maximum atomic E-state index is 5.04. The first kappa shape index (κ1) is 12.7. The van der Waals surface area contributed by atoms with Crippen LogP contribution in [0, 0.1) is 0 Å². The van der Waals surface area contributed by atoms with Crippen LogP contribution < -0.4 is 10.1 Å². The SMILES string of the molecule is COc1ccc(CNCc2ccc3[nH]ccc3c2)cn1. The molecule has 0 atom stereocenters. The average molecular weight is 267 g/mol. The van der Waals surface area contributed by atoms with Crippen LogP contribution in [-0.4, -0.2) is 17.1 Å². The second-order valence-corrected chi connectivity index (χ2v) is 4.71. The number of ether oxygens (including phenoxy) is 1. The van der Waals surface area contributed by atoms with E-state index >= 15 is 0 Å². The van der Waals surface area contributed by atoms with Crippen LogP contribution in [-0.2, 0) is 13.1 Å². The molecule has 2 aromatic heterocycles. The zero-order valence-corrected chi connectivity index (χ0v) is 11.4. The minimum Gasteiger partial charge on any atom is -0.481 e. The predicted molar refractivity (Wildman–Crippen MR) is 79.6 cm³/mol. The number of pyridine rings is 1. The molecule has 0 saturated carbocycles. The number of aromatic nitrogens is 2. The summed E-state index contributed by atoms with van der Waals surface area (Å²) < 4.78 is 5.04. The van der Waals surface area contributed by atoms with E-state index in [2.05, 4.69) is 39.6 Å². The van der Waals surface area contributed by atoms with E-state index in [1.807, 2.05) is 24.5 Å². The van der Waals surface area contributed by atoms with Gasteiger partial charge in [0.25, 0.3) is 0 Å². The summed E-state index contributed by atoms with van der Waals surface area (Å²) in [6, 6.07) is 12.4. The summed E-state index contributed by atoms with van der Waals surface area (Å²) in [5.41, 5.74) is 3.60. The molecule has 0 amide bonds. The molecule has 4 nitrogen and oxygen atoms in total. The van der Waals surface area contributed by atoms with E-state index < -0.39 is 0 Å². The lowest BCUT2D eigenvalue weighted by Crippen LogP contribution is -2.12. The van der Waals surface area contributed by atoms with Crippen LogP contribution in [0.5, 0.6) is 5.88 Å². The highest BCUT2D eigenvalue weighted by Gasteiger charge is 1.99. The Balaban J connectivity index is 1.58. The van der Waals surface area contributed by atoms with Crippen molar-refractivity contribution < 1.29 is 4.74 Å². The molecule has 0 spiro atoms. The Hall–Kier alpha value is -2.33. The summed E-state index contributed by atoms with van der Waals surface area (Å²) in [6.45, 7) is 1.63. The largest absolute Gasteiger partial charge is 0.481 e. The van der Waals surface area contributed by atoms with Crippen molar-refractivity contribution in [1.82, 2.24) is 15.3 Å². The van der Waals surface area contributed by atoms with E-state index in [4.69, 9.17) is 4.74 Å². The second-order valence-electron chi connectivity index (χ2n) is 4.71. The Morgan fingerprint density at radius 1 is 1.10 bits per heavy atom. The third-order valence-corrected chi connectivity index (χ3v) is 3.28. The van der Waals surface area contributed by atoms with E-state index in [0.717, 1.165) is 18.7 Å². The molecule has 0 saturated heterocycles. The van der Waals surface area contributed by atoms with Gasteiger partial charge in [-0.3, -0.25) is 0 Å². The lowest BCUT2D eigenvalue weighted by Gasteiger charge is -2.06. The fraction of sp³-hybridized carbons (Fsp3) is 0.188. The monoisotopic (exact) mass is 267 g/mol. The van der Waals surface area contributed by atoms with Gasteiger partial charge in [-0.1, -0.05) is 12.1 Å². The lowest BCUT2D eigenvalue weighted by atomic mass is 10.1. The van der Waals surface area contributed by atoms with E-state index in [9.17, 15) is 0 Å². The van der Waals surface area contributed by atoms with Crippen molar-refractivity contribution in [2.75, 3.05) is 7.11 Å². The number of hydrogen-bond acceptors (Lipinski definition) is 3. The number of benzene rings is 1. The summed E-state index contributed by atoms with van der Waals surface area (Å²) in [4.78, 5) is 7.39. The van der Waals surface area contributed by atoms with Crippen LogP contribution in [0.15, 0.2) is 48.8 Å². The third kappa shape index (κ3) is 2.81. The summed E-state index contributed by atoms with van der Waals surface area (Å²) >= 11 is 0. The molecule has 3 aromatic rings. The molecular formula is C16H17N3O. The Morgan fingerprint density at radius 2 is 1.95 bits per heavy atom. The van der Waals surface area contributed by atoms with Gasteiger partial charge < -0.3 is 15.0 Å². The van der Waals surface area contributed by atoms with Crippen LogP contribution in [0.3, 0.4) is 0 Å². The van der Waals surface area contributed by atoms with Gasteiger partial charge in [-0.05, 0) is 34.7 Å². The topological polar surface area (TPSA) is 49.9 Å².